The van der Waals surface area contributed by atoms with Crippen LogP contribution >= 0.6 is 0 Å². The topological polar surface area (TPSA) is 78.4 Å². The Labute approximate surface area is 120 Å². The number of rotatable bonds is 5. The highest BCUT2D eigenvalue weighted by atomic mass is 16.4. The van der Waals surface area contributed by atoms with E-state index < -0.39 is 5.97 Å². The molecule has 0 aromatic heterocycles. The van der Waals surface area contributed by atoms with E-state index in [2.05, 4.69) is 17.6 Å². The first-order chi connectivity index (χ1) is 9.54. The molecule has 2 saturated carbocycles. The van der Waals surface area contributed by atoms with Crippen LogP contribution in [-0.4, -0.2) is 29.7 Å². The quantitative estimate of drug-likeness (QED) is 0.725. The van der Waals surface area contributed by atoms with Gasteiger partial charge in [0.05, 0.1) is 5.92 Å². The molecule has 3 N–H and O–H groups in total. The van der Waals surface area contributed by atoms with Gasteiger partial charge in [0.1, 0.15) is 0 Å². The van der Waals surface area contributed by atoms with Crippen LogP contribution in [-0.2, 0) is 4.79 Å². The van der Waals surface area contributed by atoms with Gasteiger partial charge in [-0.05, 0) is 50.4 Å². The smallest absolute Gasteiger partial charge is 0.315 e. The summed E-state index contributed by atoms with van der Waals surface area (Å²) in [6, 6.07) is 0.0352. The maximum Gasteiger partial charge on any atom is 0.315 e. The number of hydrogen-bond donors (Lipinski definition) is 3. The van der Waals surface area contributed by atoms with Gasteiger partial charge in [-0.1, -0.05) is 13.3 Å². The Morgan fingerprint density at radius 3 is 2.30 bits per heavy atom. The van der Waals surface area contributed by atoms with E-state index in [9.17, 15) is 9.59 Å². The molecule has 20 heavy (non-hydrogen) atoms. The van der Waals surface area contributed by atoms with Crippen LogP contribution in [0, 0.1) is 11.3 Å². The second-order valence-corrected chi connectivity index (χ2v) is 6.42. The lowest BCUT2D eigenvalue weighted by molar-refractivity contribution is -0.142. The van der Waals surface area contributed by atoms with Crippen molar-refractivity contribution in [3.8, 4) is 0 Å². The number of carbonyl (C=O) groups excluding carboxylic acids is 1. The van der Waals surface area contributed by atoms with Crippen molar-refractivity contribution in [1.82, 2.24) is 10.6 Å². The molecule has 0 aromatic carbocycles. The van der Waals surface area contributed by atoms with E-state index in [0.717, 1.165) is 25.8 Å². The number of carbonyl (C=O) groups is 2. The lowest BCUT2D eigenvalue weighted by Gasteiger charge is -2.41. The van der Waals surface area contributed by atoms with Crippen molar-refractivity contribution in [1.29, 1.82) is 0 Å². The molecule has 2 aliphatic rings. The normalized spacial score (nSPS) is 28.2. The Bertz CT molecular complexity index is 353. The van der Waals surface area contributed by atoms with E-state index in [1.54, 1.807) is 0 Å². The zero-order chi connectivity index (χ0) is 14.6. The first-order valence-electron chi connectivity index (χ1n) is 7.82. The van der Waals surface area contributed by atoms with Gasteiger partial charge in [-0.2, -0.15) is 0 Å². The molecule has 2 fully saturated rings. The van der Waals surface area contributed by atoms with Crippen LogP contribution in [0.3, 0.4) is 0 Å². The van der Waals surface area contributed by atoms with E-state index in [1.165, 1.54) is 19.3 Å². The Morgan fingerprint density at radius 1 is 1.20 bits per heavy atom. The highest BCUT2D eigenvalue weighted by Crippen LogP contribution is 2.43. The number of aliphatic carboxylic acids is 1. The van der Waals surface area contributed by atoms with Crippen molar-refractivity contribution in [3.05, 3.63) is 0 Å². The third kappa shape index (κ3) is 3.64. The largest absolute Gasteiger partial charge is 0.481 e. The molecule has 5 nitrogen and oxygen atoms in total. The molecule has 2 amide bonds. The molecule has 2 aliphatic carbocycles. The molecule has 114 valence electrons. The van der Waals surface area contributed by atoms with E-state index in [0.29, 0.717) is 18.3 Å². The Hall–Kier alpha value is -1.26. The minimum absolute atomic E-state index is 0.0940. The molecule has 0 saturated heterocycles. The number of nitrogens with one attached hydrogen (secondary N) is 2. The highest BCUT2D eigenvalue weighted by molar-refractivity contribution is 5.74. The van der Waals surface area contributed by atoms with E-state index in [4.69, 9.17) is 5.11 Å². The highest BCUT2D eigenvalue weighted by Gasteiger charge is 2.35. The number of hydrogen-bond acceptors (Lipinski definition) is 2. The summed E-state index contributed by atoms with van der Waals surface area (Å²) in [6.07, 6.45) is 7.69. The van der Waals surface area contributed by atoms with Crippen LogP contribution in [0.25, 0.3) is 0 Å². The number of carboxylic acids is 1. The van der Waals surface area contributed by atoms with E-state index in [1.807, 2.05) is 0 Å². The van der Waals surface area contributed by atoms with Gasteiger partial charge in [0.25, 0.3) is 0 Å². The van der Waals surface area contributed by atoms with Gasteiger partial charge >= 0.3 is 12.0 Å². The number of urea groups is 1. The summed E-state index contributed by atoms with van der Waals surface area (Å²) >= 11 is 0. The zero-order valence-corrected chi connectivity index (χ0v) is 12.3. The fraction of sp³-hybridized carbons (Fsp3) is 0.867. The first kappa shape index (κ1) is 15.1. The maximum atomic E-state index is 11.9. The van der Waals surface area contributed by atoms with Crippen molar-refractivity contribution in [2.75, 3.05) is 6.54 Å². The molecule has 0 atom stereocenters. The fourth-order valence-electron chi connectivity index (χ4n) is 3.32. The molecule has 0 spiro atoms. The van der Waals surface area contributed by atoms with Gasteiger partial charge < -0.3 is 15.7 Å². The third-order valence-electron chi connectivity index (χ3n) is 5.20. The number of carboxylic acid groups (broad SMARTS) is 1. The van der Waals surface area contributed by atoms with Crippen molar-refractivity contribution in [3.63, 3.8) is 0 Å². The Morgan fingerprint density at radius 2 is 1.85 bits per heavy atom. The molecular weight excluding hydrogens is 256 g/mol. The monoisotopic (exact) mass is 282 g/mol. The van der Waals surface area contributed by atoms with Gasteiger partial charge in [0.2, 0.25) is 0 Å². The Kier molecular flexibility index (Phi) is 4.89. The third-order valence-corrected chi connectivity index (χ3v) is 5.20. The molecule has 0 unspecified atom stereocenters. The standard InChI is InChI=1S/C15H26N2O3/c1-2-15(8-3-9-15)10-16-14(20)17-12-6-4-11(5-7-12)13(18)19/h11-12H,2-10H2,1H3,(H,18,19)(H2,16,17,20). The summed E-state index contributed by atoms with van der Waals surface area (Å²) in [5.74, 6) is -0.933. The maximum absolute atomic E-state index is 11.9. The summed E-state index contributed by atoms with van der Waals surface area (Å²) in [4.78, 5) is 22.8. The average molecular weight is 282 g/mol. The molecule has 0 aliphatic heterocycles. The minimum atomic E-state index is -0.706. The predicted octanol–water partition coefficient (Wildman–Crippen LogP) is 2.51. The van der Waals surface area contributed by atoms with Crippen molar-refractivity contribution < 1.29 is 14.7 Å². The summed E-state index contributed by atoms with van der Waals surface area (Å²) < 4.78 is 0. The number of amides is 2. The summed E-state index contributed by atoms with van der Waals surface area (Å²) in [7, 11) is 0. The molecule has 0 bridgehead atoms. The van der Waals surface area contributed by atoms with Gasteiger partial charge in [-0.25, -0.2) is 4.79 Å². The lowest BCUT2D eigenvalue weighted by atomic mass is 9.67. The average Bonchev–Trinajstić information content (AvgIpc) is 2.38. The van der Waals surface area contributed by atoms with Crippen LogP contribution in [0.5, 0.6) is 0 Å². The molecular formula is C15H26N2O3. The summed E-state index contributed by atoms with van der Waals surface area (Å²) in [5, 5.41) is 14.9. The zero-order valence-electron chi connectivity index (χ0n) is 12.3. The lowest BCUT2D eigenvalue weighted by Crippen LogP contribution is -2.48. The SMILES string of the molecule is CCC1(CNC(=O)NC2CCC(C(=O)O)CC2)CCC1. The van der Waals surface area contributed by atoms with Crippen molar-refractivity contribution in [2.45, 2.75) is 64.3 Å². The van der Waals surface area contributed by atoms with E-state index >= 15 is 0 Å². The minimum Gasteiger partial charge on any atom is -0.481 e. The van der Waals surface area contributed by atoms with Crippen LogP contribution in [0.1, 0.15) is 58.3 Å². The Balaban J connectivity index is 1.66. The second-order valence-electron chi connectivity index (χ2n) is 6.42. The second kappa shape index (κ2) is 6.46. The molecule has 2 rings (SSSR count). The molecule has 0 radical (unpaired) electrons. The predicted molar refractivity (Wildman–Crippen MR) is 76.5 cm³/mol. The fourth-order valence-corrected chi connectivity index (χ4v) is 3.32. The van der Waals surface area contributed by atoms with Gasteiger partial charge in [0.15, 0.2) is 0 Å². The van der Waals surface area contributed by atoms with Crippen LogP contribution in [0.4, 0.5) is 4.79 Å². The molecule has 0 aromatic rings. The summed E-state index contributed by atoms with van der Waals surface area (Å²) in [5.41, 5.74) is 0.332. The first-order valence-corrected chi connectivity index (χ1v) is 7.82. The van der Waals surface area contributed by atoms with Gasteiger partial charge in [-0.3, -0.25) is 4.79 Å². The van der Waals surface area contributed by atoms with Crippen LogP contribution in [0.2, 0.25) is 0 Å². The van der Waals surface area contributed by atoms with Crippen LogP contribution < -0.4 is 10.6 Å². The molecule has 5 heteroatoms. The summed E-state index contributed by atoms with van der Waals surface area (Å²) in [6.45, 7) is 2.95. The van der Waals surface area contributed by atoms with Crippen molar-refractivity contribution in [2.24, 2.45) is 11.3 Å². The van der Waals surface area contributed by atoms with Gasteiger partial charge in [-0.15, -0.1) is 0 Å². The van der Waals surface area contributed by atoms with Crippen LogP contribution in [0.15, 0.2) is 0 Å². The van der Waals surface area contributed by atoms with E-state index in [-0.39, 0.29) is 18.0 Å². The van der Waals surface area contributed by atoms with Crippen molar-refractivity contribution >= 4 is 12.0 Å². The van der Waals surface area contributed by atoms with Gasteiger partial charge in [0, 0.05) is 12.6 Å². The molecule has 0 heterocycles.